The number of carbonyl (C=O) groups excluding carboxylic acids is 1. The summed E-state index contributed by atoms with van der Waals surface area (Å²) in [5.74, 6) is -1.66. The summed E-state index contributed by atoms with van der Waals surface area (Å²) in [7, 11) is 3.40. The van der Waals surface area contributed by atoms with Crippen molar-refractivity contribution in [3.8, 4) is 16.9 Å². The lowest BCUT2D eigenvalue weighted by Gasteiger charge is -2.45. The molecule has 0 spiro atoms. The number of pyridine rings is 1. The predicted molar refractivity (Wildman–Crippen MR) is 106 cm³/mol. The molecule has 0 saturated carbocycles. The fourth-order valence-electron chi connectivity index (χ4n) is 4.00. The van der Waals surface area contributed by atoms with Crippen molar-refractivity contribution in [2.75, 3.05) is 27.3 Å². The van der Waals surface area contributed by atoms with Crippen LogP contribution in [0.25, 0.3) is 11.1 Å². The van der Waals surface area contributed by atoms with Crippen molar-refractivity contribution in [2.45, 2.75) is 18.1 Å². The number of halogens is 2. The molecule has 7 nitrogen and oxygen atoms in total. The molecular formula is C21H22F2N4O3. The number of rotatable bonds is 3. The molecule has 0 bridgehead atoms. The van der Waals surface area contributed by atoms with Crippen LogP contribution in [0.5, 0.6) is 5.75 Å². The number of nitrogens with zero attached hydrogens (tertiary/aromatic N) is 3. The van der Waals surface area contributed by atoms with E-state index in [1.54, 1.807) is 19.0 Å². The lowest BCUT2D eigenvalue weighted by molar-refractivity contribution is -0.124. The maximum absolute atomic E-state index is 15.0. The Bertz CT molecular complexity index is 1010. The van der Waals surface area contributed by atoms with Crippen LogP contribution in [0.1, 0.15) is 12.0 Å². The second-order valence-corrected chi connectivity index (χ2v) is 7.60. The number of hydrogen-bond donors (Lipinski definition) is 1. The molecule has 4 rings (SSSR count). The molecule has 2 aliphatic rings. The van der Waals surface area contributed by atoms with Crippen molar-refractivity contribution in [1.29, 1.82) is 0 Å². The first-order chi connectivity index (χ1) is 14.4. The number of carbonyl (C=O) groups is 1. The molecule has 3 atom stereocenters. The Balaban J connectivity index is 1.98. The lowest BCUT2D eigenvalue weighted by Crippen LogP contribution is -2.54. The van der Waals surface area contributed by atoms with Gasteiger partial charge in [-0.2, -0.15) is 4.39 Å². The van der Waals surface area contributed by atoms with Gasteiger partial charge in [-0.05, 0) is 18.2 Å². The molecule has 1 fully saturated rings. The van der Waals surface area contributed by atoms with Crippen LogP contribution in [-0.2, 0) is 15.1 Å². The predicted octanol–water partition coefficient (Wildman–Crippen LogP) is 2.09. The van der Waals surface area contributed by atoms with E-state index in [0.29, 0.717) is 24.9 Å². The number of aliphatic imine (C=N–C) groups is 1. The molecule has 0 radical (unpaired) electrons. The van der Waals surface area contributed by atoms with Gasteiger partial charge in [0.1, 0.15) is 17.7 Å². The maximum atomic E-state index is 15.0. The number of guanidine groups is 1. The van der Waals surface area contributed by atoms with Crippen molar-refractivity contribution >= 4 is 12.2 Å². The Labute approximate surface area is 172 Å². The summed E-state index contributed by atoms with van der Waals surface area (Å²) < 4.78 is 40.9. The van der Waals surface area contributed by atoms with Gasteiger partial charge in [0.15, 0.2) is 17.8 Å². The standard InChI is InChI=1S/C21H22F2N4O3/c1-27(2)20(24)26-21(11-28)14-8-13(12-4-3-6-25-19(12)23)16(22)9-18(14)30-17-5-7-29-10-15(17)21/h3-4,6,8-9,11,15,17H,5,7,10H2,1-2H3,(H2,24,26). The summed E-state index contributed by atoms with van der Waals surface area (Å²) in [5, 5.41) is 0. The van der Waals surface area contributed by atoms with Crippen LogP contribution in [0.2, 0.25) is 0 Å². The third-order valence-electron chi connectivity index (χ3n) is 5.62. The van der Waals surface area contributed by atoms with Gasteiger partial charge in [0, 0.05) is 49.5 Å². The Kier molecular flexibility index (Phi) is 5.15. The highest BCUT2D eigenvalue weighted by molar-refractivity contribution is 5.84. The SMILES string of the molecule is CN(C)C(N)=NC1(C=O)c2cc(-c3cccnc3F)c(F)cc2OC2CCOCC21. The molecule has 2 aromatic rings. The third-order valence-corrected chi connectivity index (χ3v) is 5.62. The third kappa shape index (κ3) is 3.19. The quantitative estimate of drug-likeness (QED) is 0.357. The van der Waals surface area contributed by atoms with Crippen LogP contribution >= 0.6 is 0 Å². The minimum atomic E-state index is -1.46. The van der Waals surface area contributed by atoms with Gasteiger partial charge >= 0.3 is 0 Å². The first-order valence-corrected chi connectivity index (χ1v) is 9.55. The van der Waals surface area contributed by atoms with E-state index in [4.69, 9.17) is 15.2 Å². The Morgan fingerprint density at radius 2 is 2.17 bits per heavy atom. The molecule has 30 heavy (non-hydrogen) atoms. The molecule has 9 heteroatoms. The molecule has 0 amide bonds. The van der Waals surface area contributed by atoms with Crippen LogP contribution in [0.3, 0.4) is 0 Å². The summed E-state index contributed by atoms with van der Waals surface area (Å²) >= 11 is 0. The van der Waals surface area contributed by atoms with Gasteiger partial charge in [-0.1, -0.05) is 0 Å². The normalized spacial score (nSPS) is 25.7. The second-order valence-electron chi connectivity index (χ2n) is 7.60. The summed E-state index contributed by atoms with van der Waals surface area (Å²) in [5.41, 5.74) is 4.87. The monoisotopic (exact) mass is 416 g/mol. The van der Waals surface area contributed by atoms with E-state index in [1.165, 1.54) is 30.5 Å². The van der Waals surface area contributed by atoms with Crippen LogP contribution in [0, 0.1) is 17.7 Å². The molecular weight excluding hydrogens is 394 g/mol. The average molecular weight is 416 g/mol. The molecule has 1 aromatic heterocycles. The lowest BCUT2D eigenvalue weighted by atomic mass is 9.72. The van der Waals surface area contributed by atoms with E-state index in [0.717, 1.165) is 0 Å². The van der Waals surface area contributed by atoms with Gasteiger partial charge in [-0.3, -0.25) is 0 Å². The summed E-state index contributed by atoms with van der Waals surface area (Å²) in [4.78, 5) is 22.3. The van der Waals surface area contributed by atoms with Crippen molar-refractivity contribution in [2.24, 2.45) is 16.6 Å². The fourth-order valence-corrected chi connectivity index (χ4v) is 4.00. The number of hydrogen-bond acceptors (Lipinski definition) is 5. The minimum Gasteiger partial charge on any atom is -0.489 e. The maximum Gasteiger partial charge on any atom is 0.220 e. The number of nitrogens with two attached hydrogens (primary N) is 1. The van der Waals surface area contributed by atoms with Gasteiger partial charge in [0.05, 0.1) is 19.1 Å². The zero-order valence-corrected chi connectivity index (χ0v) is 16.6. The Morgan fingerprint density at radius 1 is 1.37 bits per heavy atom. The van der Waals surface area contributed by atoms with E-state index in [9.17, 15) is 13.6 Å². The molecule has 2 N–H and O–H groups in total. The van der Waals surface area contributed by atoms with Crippen molar-refractivity contribution < 1.29 is 23.0 Å². The summed E-state index contributed by atoms with van der Waals surface area (Å²) in [6, 6.07) is 5.50. The van der Waals surface area contributed by atoms with E-state index in [-0.39, 0.29) is 29.4 Å². The minimum absolute atomic E-state index is 0.0239. The molecule has 1 aromatic carbocycles. The zero-order valence-electron chi connectivity index (χ0n) is 16.6. The highest BCUT2D eigenvalue weighted by Crippen LogP contribution is 2.49. The first kappa shape index (κ1) is 20.2. The Morgan fingerprint density at radius 3 is 2.87 bits per heavy atom. The van der Waals surface area contributed by atoms with E-state index >= 15 is 0 Å². The van der Waals surface area contributed by atoms with Gasteiger partial charge in [0.2, 0.25) is 5.95 Å². The summed E-state index contributed by atoms with van der Waals surface area (Å²) in [6.45, 7) is 0.681. The number of ether oxygens (including phenoxy) is 2. The van der Waals surface area contributed by atoms with Crippen molar-refractivity contribution in [3.05, 3.63) is 47.8 Å². The van der Waals surface area contributed by atoms with Gasteiger partial charge in [0.25, 0.3) is 0 Å². The van der Waals surface area contributed by atoms with E-state index in [2.05, 4.69) is 9.98 Å². The topological polar surface area (TPSA) is 90.0 Å². The molecule has 0 aliphatic carbocycles. The van der Waals surface area contributed by atoms with Gasteiger partial charge in [-0.25, -0.2) is 14.4 Å². The zero-order chi connectivity index (χ0) is 21.5. The molecule has 3 unspecified atom stereocenters. The van der Waals surface area contributed by atoms with E-state index < -0.39 is 29.3 Å². The summed E-state index contributed by atoms with van der Waals surface area (Å²) in [6.07, 6.45) is 2.10. The molecule has 3 heterocycles. The molecule has 1 saturated heterocycles. The number of aldehydes is 1. The number of fused-ring (bicyclic) bond motifs is 2. The van der Waals surface area contributed by atoms with Crippen molar-refractivity contribution in [3.63, 3.8) is 0 Å². The smallest absolute Gasteiger partial charge is 0.220 e. The largest absolute Gasteiger partial charge is 0.489 e. The highest BCUT2D eigenvalue weighted by Gasteiger charge is 2.52. The van der Waals surface area contributed by atoms with Gasteiger partial charge < -0.3 is 24.9 Å². The fraction of sp³-hybridized carbons (Fsp3) is 0.381. The van der Waals surface area contributed by atoms with Crippen LogP contribution in [0.15, 0.2) is 35.5 Å². The van der Waals surface area contributed by atoms with Crippen LogP contribution in [-0.4, -0.2) is 55.5 Å². The van der Waals surface area contributed by atoms with Gasteiger partial charge in [-0.15, -0.1) is 0 Å². The van der Waals surface area contributed by atoms with Crippen LogP contribution < -0.4 is 10.5 Å². The highest BCUT2D eigenvalue weighted by atomic mass is 19.1. The molecule has 2 aliphatic heterocycles. The van der Waals surface area contributed by atoms with Crippen LogP contribution in [0.4, 0.5) is 8.78 Å². The Hall–Kier alpha value is -3.07. The number of aromatic nitrogens is 1. The second kappa shape index (κ2) is 7.64. The molecule has 158 valence electrons. The number of benzene rings is 1. The van der Waals surface area contributed by atoms with Crippen molar-refractivity contribution in [1.82, 2.24) is 9.88 Å². The first-order valence-electron chi connectivity index (χ1n) is 9.55. The average Bonchev–Trinajstić information content (AvgIpc) is 2.73. The van der Waals surface area contributed by atoms with E-state index in [1.807, 2.05) is 0 Å².